The van der Waals surface area contributed by atoms with Gasteiger partial charge in [0.1, 0.15) is 16.3 Å². The van der Waals surface area contributed by atoms with E-state index in [0.717, 1.165) is 50.9 Å². The van der Waals surface area contributed by atoms with Crippen molar-refractivity contribution in [3.8, 4) is 5.75 Å². The maximum atomic E-state index is 11.9. The molecule has 0 atom stereocenters. The zero-order valence-electron chi connectivity index (χ0n) is 12.5. The molecule has 0 bridgehead atoms. The third-order valence-corrected chi connectivity index (χ3v) is 6.13. The Morgan fingerprint density at radius 2 is 2.22 bits per heavy atom. The van der Waals surface area contributed by atoms with Crippen LogP contribution >= 0.6 is 22.7 Å². The van der Waals surface area contributed by atoms with Gasteiger partial charge < -0.3 is 15.8 Å². The number of carbonyl (C=O) groups is 1. The first-order valence-electron chi connectivity index (χ1n) is 7.32. The summed E-state index contributed by atoms with van der Waals surface area (Å²) in [6, 6.07) is 5.84. The first-order chi connectivity index (χ1) is 11.2. The summed E-state index contributed by atoms with van der Waals surface area (Å²) in [4.78, 5) is 17.7. The number of nitrogens with two attached hydrogens (primary N) is 1. The molecular weight excluding hydrogens is 330 g/mol. The summed E-state index contributed by atoms with van der Waals surface area (Å²) in [6.07, 6.45) is 3.05. The van der Waals surface area contributed by atoms with Gasteiger partial charge in [-0.25, -0.2) is 4.98 Å². The molecule has 0 saturated heterocycles. The zero-order chi connectivity index (χ0) is 16.0. The fourth-order valence-electron chi connectivity index (χ4n) is 2.99. The summed E-state index contributed by atoms with van der Waals surface area (Å²) in [6.45, 7) is 0. The number of amides is 1. The molecule has 4 rings (SSSR count). The number of aromatic nitrogens is 1. The molecule has 1 aliphatic rings. The van der Waals surface area contributed by atoms with E-state index >= 15 is 0 Å². The maximum Gasteiger partial charge on any atom is 0.251 e. The fraction of sp³-hybridized carbons (Fsp3) is 0.250. The summed E-state index contributed by atoms with van der Waals surface area (Å²) in [5.74, 6) is 0.376. The number of anilines is 2. The van der Waals surface area contributed by atoms with Crippen LogP contribution in [0.15, 0.2) is 18.2 Å². The van der Waals surface area contributed by atoms with Gasteiger partial charge in [-0.3, -0.25) is 4.79 Å². The number of benzene rings is 1. The van der Waals surface area contributed by atoms with Crippen molar-refractivity contribution in [2.45, 2.75) is 19.3 Å². The van der Waals surface area contributed by atoms with Crippen molar-refractivity contribution in [3.63, 3.8) is 0 Å². The van der Waals surface area contributed by atoms with E-state index in [4.69, 9.17) is 10.5 Å². The lowest BCUT2D eigenvalue weighted by atomic mass is 10.1. The Kier molecular flexibility index (Phi) is 3.46. The molecule has 7 heteroatoms. The highest BCUT2D eigenvalue weighted by Gasteiger charge is 2.25. The summed E-state index contributed by atoms with van der Waals surface area (Å²) in [5.41, 5.74) is 8.17. The summed E-state index contributed by atoms with van der Waals surface area (Å²) >= 11 is 3.15. The molecule has 2 heterocycles. The molecule has 0 fully saturated rings. The Labute approximate surface area is 141 Å². The predicted molar refractivity (Wildman–Crippen MR) is 94.3 cm³/mol. The number of primary amides is 1. The van der Waals surface area contributed by atoms with Gasteiger partial charge in [0.25, 0.3) is 5.91 Å². The number of thiazole rings is 1. The maximum absolute atomic E-state index is 11.9. The molecule has 1 aliphatic carbocycles. The standard InChI is InChI=1S/C16H15N3O2S2/c1-21-9-5-3-7-11-13(9)18-16(23-11)19-15-12(14(17)20)8-4-2-6-10(8)22-15/h3,5,7H,2,4,6H2,1H3,(H2,17,20)(H,18,19). The Balaban J connectivity index is 1.75. The number of para-hydroxylation sites is 1. The number of fused-ring (bicyclic) bond motifs is 2. The van der Waals surface area contributed by atoms with Gasteiger partial charge in [-0.1, -0.05) is 17.4 Å². The van der Waals surface area contributed by atoms with E-state index in [2.05, 4.69) is 10.3 Å². The van der Waals surface area contributed by atoms with Crippen molar-refractivity contribution >= 4 is 48.9 Å². The Morgan fingerprint density at radius 3 is 3.00 bits per heavy atom. The number of thiophene rings is 1. The molecule has 0 spiro atoms. The van der Waals surface area contributed by atoms with Crippen molar-refractivity contribution in [2.75, 3.05) is 12.4 Å². The normalized spacial score (nSPS) is 13.3. The molecule has 0 saturated carbocycles. The number of carbonyl (C=O) groups excluding carboxylic acids is 1. The largest absolute Gasteiger partial charge is 0.494 e. The van der Waals surface area contributed by atoms with E-state index in [1.54, 1.807) is 18.4 Å². The summed E-state index contributed by atoms with van der Waals surface area (Å²) in [7, 11) is 1.64. The highest BCUT2D eigenvalue weighted by atomic mass is 32.1. The average Bonchev–Trinajstić information content (AvgIpc) is 3.19. The number of methoxy groups -OCH3 is 1. The highest BCUT2D eigenvalue weighted by Crippen LogP contribution is 2.41. The van der Waals surface area contributed by atoms with Gasteiger partial charge in [0.2, 0.25) is 0 Å². The van der Waals surface area contributed by atoms with Crippen LogP contribution in [0, 0.1) is 0 Å². The molecule has 0 aliphatic heterocycles. The highest BCUT2D eigenvalue weighted by molar-refractivity contribution is 7.23. The van der Waals surface area contributed by atoms with Crippen LogP contribution in [0.25, 0.3) is 10.2 Å². The smallest absolute Gasteiger partial charge is 0.251 e. The molecule has 2 aromatic heterocycles. The molecule has 1 amide bonds. The lowest BCUT2D eigenvalue weighted by Crippen LogP contribution is -2.13. The predicted octanol–water partition coefficient (Wildman–Crippen LogP) is 3.70. The van der Waals surface area contributed by atoms with Crippen LogP contribution in [0.3, 0.4) is 0 Å². The van der Waals surface area contributed by atoms with Crippen LogP contribution in [0.2, 0.25) is 0 Å². The van der Waals surface area contributed by atoms with Crippen LogP contribution in [0.5, 0.6) is 5.75 Å². The average molecular weight is 345 g/mol. The molecule has 3 aromatic rings. The molecule has 1 aromatic carbocycles. The minimum absolute atomic E-state index is 0.370. The van der Waals surface area contributed by atoms with Gasteiger partial charge in [0, 0.05) is 4.88 Å². The molecule has 0 radical (unpaired) electrons. The summed E-state index contributed by atoms with van der Waals surface area (Å²) < 4.78 is 6.39. The van der Waals surface area contributed by atoms with Gasteiger partial charge in [-0.15, -0.1) is 11.3 Å². The topological polar surface area (TPSA) is 77.2 Å². The molecule has 3 N–H and O–H groups in total. The number of hydrogen-bond acceptors (Lipinski definition) is 6. The van der Waals surface area contributed by atoms with Crippen LogP contribution < -0.4 is 15.8 Å². The van der Waals surface area contributed by atoms with E-state index in [0.29, 0.717) is 5.56 Å². The van der Waals surface area contributed by atoms with Gasteiger partial charge >= 0.3 is 0 Å². The van der Waals surface area contributed by atoms with Gasteiger partial charge in [0.05, 0.1) is 17.4 Å². The van der Waals surface area contributed by atoms with E-state index in [-0.39, 0.29) is 5.91 Å². The van der Waals surface area contributed by atoms with E-state index < -0.39 is 0 Å². The third kappa shape index (κ3) is 2.36. The van der Waals surface area contributed by atoms with Crippen LogP contribution in [-0.4, -0.2) is 18.0 Å². The Hall–Kier alpha value is -2.12. The second-order valence-corrected chi connectivity index (χ2v) is 7.51. The number of ether oxygens (including phenoxy) is 1. The van der Waals surface area contributed by atoms with E-state index in [1.807, 2.05) is 18.2 Å². The van der Waals surface area contributed by atoms with Crippen molar-refractivity contribution < 1.29 is 9.53 Å². The van der Waals surface area contributed by atoms with Crippen molar-refractivity contribution in [1.29, 1.82) is 0 Å². The number of nitrogens with one attached hydrogen (secondary N) is 1. The Morgan fingerprint density at radius 1 is 1.35 bits per heavy atom. The van der Waals surface area contributed by atoms with Crippen LogP contribution in [0.1, 0.15) is 27.2 Å². The molecule has 118 valence electrons. The monoisotopic (exact) mass is 345 g/mol. The number of rotatable bonds is 4. The molecule has 5 nitrogen and oxygen atoms in total. The quantitative estimate of drug-likeness (QED) is 0.756. The second kappa shape index (κ2) is 5.50. The zero-order valence-corrected chi connectivity index (χ0v) is 14.1. The molecular formula is C16H15N3O2S2. The van der Waals surface area contributed by atoms with Gasteiger partial charge in [-0.2, -0.15) is 0 Å². The number of nitrogens with zero attached hydrogens (tertiary/aromatic N) is 1. The van der Waals surface area contributed by atoms with E-state index in [9.17, 15) is 4.79 Å². The number of hydrogen-bond donors (Lipinski definition) is 2. The number of aryl methyl sites for hydroxylation is 1. The van der Waals surface area contributed by atoms with Gasteiger partial charge in [0.15, 0.2) is 5.13 Å². The molecule has 23 heavy (non-hydrogen) atoms. The van der Waals surface area contributed by atoms with Crippen molar-refractivity contribution in [3.05, 3.63) is 34.2 Å². The minimum atomic E-state index is -0.370. The molecule has 0 unspecified atom stereocenters. The second-order valence-electron chi connectivity index (χ2n) is 5.38. The SMILES string of the molecule is COc1cccc2sc(Nc3sc4c(c3C(N)=O)CCC4)nc12. The van der Waals surface area contributed by atoms with E-state index in [1.165, 1.54) is 16.2 Å². The Bertz CT molecular complexity index is 914. The van der Waals surface area contributed by atoms with Crippen molar-refractivity contribution in [1.82, 2.24) is 4.98 Å². The summed E-state index contributed by atoms with van der Waals surface area (Å²) in [5, 5.41) is 4.84. The first kappa shape index (κ1) is 14.5. The lowest BCUT2D eigenvalue weighted by Gasteiger charge is -2.03. The fourth-order valence-corrected chi connectivity index (χ4v) is 5.24. The van der Waals surface area contributed by atoms with Crippen LogP contribution in [0.4, 0.5) is 10.1 Å². The minimum Gasteiger partial charge on any atom is -0.494 e. The van der Waals surface area contributed by atoms with Gasteiger partial charge in [-0.05, 0) is 37.0 Å². The first-order valence-corrected chi connectivity index (χ1v) is 8.95. The van der Waals surface area contributed by atoms with Crippen LogP contribution in [-0.2, 0) is 12.8 Å². The lowest BCUT2D eigenvalue weighted by molar-refractivity contribution is 0.100. The third-order valence-electron chi connectivity index (χ3n) is 3.99. The van der Waals surface area contributed by atoms with Crippen molar-refractivity contribution in [2.24, 2.45) is 5.73 Å².